The number of aryl methyl sites for hydroxylation is 2. The molecule has 46 heavy (non-hydrogen) atoms. The van der Waals surface area contributed by atoms with Crippen molar-refractivity contribution >= 4 is 0 Å². The van der Waals surface area contributed by atoms with E-state index < -0.39 is 18.3 Å². The maximum Gasteiger partial charge on any atom is 0.131 e. The van der Waals surface area contributed by atoms with Crippen molar-refractivity contribution in [3.63, 3.8) is 0 Å². The molecule has 4 aromatic rings. The standard InChI is InChI=1S/C37H42O9/c1-19-10-22-14-21-15-23(40-3)16-25(31(21)38)34(43-6)29-12-20(2)13-30(37(29)46-9)36(45-8)27-18-24(41-4)17-26(32(27)39)35(44-7)28(11-19)33(22)42-5/h10-13,15-18,34-36,38-39H,14H2,1-9H3/t34-,35+,36-/m0/s1. The Bertz CT molecular complexity index is 1740. The number of phenols is 2. The zero-order valence-electron chi connectivity index (χ0n) is 27.8. The van der Waals surface area contributed by atoms with E-state index in [-0.39, 0.29) is 11.5 Å². The van der Waals surface area contributed by atoms with Crippen molar-refractivity contribution in [2.24, 2.45) is 0 Å². The van der Waals surface area contributed by atoms with Crippen LogP contribution < -0.4 is 18.9 Å². The Labute approximate surface area is 270 Å². The molecule has 0 amide bonds. The summed E-state index contributed by atoms with van der Waals surface area (Å²) in [6.45, 7) is 3.94. The number of benzene rings is 4. The zero-order valence-corrected chi connectivity index (χ0v) is 27.8. The summed E-state index contributed by atoms with van der Waals surface area (Å²) in [5.74, 6) is 2.16. The molecule has 3 atom stereocenters. The lowest BCUT2D eigenvalue weighted by Gasteiger charge is -2.29. The molecule has 1 aliphatic carbocycles. The second-order valence-electron chi connectivity index (χ2n) is 11.4. The molecule has 0 saturated carbocycles. The van der Waals surface area contributed by atoms with Gasteiger partial charge in [-0.05, 0) is 61.9 Å². The van der Waals surface area contributed by atoms with Crippen LogP contribution in [0.25, 0.3) is 0 Å². The van der Waals surface area contributed by atoms with Gasteiger partial charge in [0.15, 0.2) is 0 Å². The highest BCUT2D eigenvalue weighted by atomic mass is 16.5. The van der Waals surface area contributed by atoms with Crippen LogP contribution in [0.1, 0.15) is 73.9 Å². The summed E-state index contributed by atoms with van der Waals surface area (Å²) in [7, 11) is 11.1. The fourth-order valence-corrected chi connectivity index (χ4v) is 6.69. The van der Waals surface area contributed by atoms with Gasteiger partial charge < -0.3 is 43.4 Å². The summed E-state index contributed by atoms with van der Waals surface area (Å²) in [5.41, 5.74) is 6.69. The van der Waals surface area contributed by atoms with Gasteiger partial charge in [0, 0.05) is 66.7 Å². The fraction of sp³-hybridized carbons (Fsp3) is 0.351. The van der Waals surface area contributed by atoms with Gasteiger partial charge in [-0.3, -0.25) is 0 Å². The Kier molecular flexibility index (Phi) is 9.67. The molecule has 0 saturated heterocycles. The highest BCUT2D eigenvalue weighted by Crippen LogP contribution is 2.49. The van der Waals surface area contributed by atoms with Crippen LogP contribution in [-0.4, -0.2) is 60.0 Å². The van der Waals surface area contributed by atoms with E-state index in [0.29, 0.717) is 68.4 Å². The van der Waals surface area contributed by atoms with Crippen molar-refractivity contribution in [1.29, 1.82) is 0 Å². The molecule has 9 nitrogen and oxygen atoms in total. The summed E-state index contributed by atoms with van der Waals surface area (Å²) in [6.07, 6.45) is -2.00. The quantitative estimate of drug-likeness (QED) is 0.227. The monoisotopic (exact) mass is 630 g/mol. The molecule has 0 radical (unpaired) electrons. The maximum atomic E-state index is 12.0. The van der Waals surface area contributed by atoms with Crippen LogP contribution in [0, 0.1) is 13.8 Å². The van der Waals surface area contributed by atoms with E-state index in [1.54, 1.807) is 68.0 Å². The molecule has 244 valence electrons. The van der Waals surface area contributed by atoms with Gasteiger partial charge in [-0.1, -0.05) is 17.2 Å². The molecule has 1 aliphatic rings. The van der Waals surface area contributed by atoms with E-state index in [2.05, 4.69) is 0 Å². The molecular weight excluding hydrogens is 588 g/mol. The van der Waals surface area contributed by atoms with Gasteiger partial charge in [-0.15, -0.1) is 0 Å². The third-order valence-corrected chi connectivity index (χ3v) is 8.63. The number of phenolic OH excluding ortho intramolecular Hbond substituents is 2. The fourth-order valence-electron chi connectivity index (χ4n) is 6.69. The molecule has 0 spiro atoms. The van der Waals surface area contributed by atoms with Crippen molar-refractivity contribution in [1.82, 2.24) is 0 Å². The topological polar surface area (TPSA) is 105 Å². The Morgan fingerprint density at radius 1 is 0.457 bits per heavy atom. The lowest BCUT2D eigenvalue weighted by molar-refractivity contribution is 0.120. The lowest BCUT2D eigenvalue weighted by atomic mass is 9.87. The average molecular weight is 631 g/mol. The smallest absolute Gasteiger partial charge is 0.131 e. The van der Waals surface area contributed by atoms with Crippen molar-refractivity contribution in [2.45, 2.75) is 38.6 Å². The Morgan fingerprint density at radius 3 is 1.30 bits per heavy atom. The van der Waals surface area contributed by atoms with Crippen LogP contribution in [0.3, 0.4) is 0 Å². The molecule has 9 heteroatoms. The lowest BCUT2D eigenvalue weighted by Crippen LogP contribution is -2.14. The first-order chi connectivity index (χ1) is 22.1. The molecule has 0 fully saturated rings. The summed E-state index contributed by atoms with van der Waals surface area (Å²) in [6, 6.07) is 15.0. The van der Waals surface area contributed by atoms with Crippen LogP contribution >= 0.6 is 0 Å². The third kappa shape index (κ3) is 5.70. The second-order valence-corrected chi connectivity index (χ2v) is 11.4. The minimum absolute atomic E-state index is 0.0160. The Hall–Kier alpha value is -4.44. The van der Waals surface area contributed by atoms with Gasteiger partial charge in [-0.25, -0.2) is 0 Å². The van der Waals surface area contributed by atoms with Gasteiger partial charge >= 0.3 is 0 Å². The molecule has 0 aromatic heterocycles. The van der Waals surface area contributed by atoms with E-state index in [1.165, 1.54) is 0 Å². The zero-order chi connectivity index (χ0) is 33.3. The molecule has 5 rings (SSSR count). The molecule has 0 aliphatic heterocycles. The number of ether oxygens (including phenoxy) is 7. The van der Waals surface area contributed by atoms with E-state index in [9.17, 15) is 10.2 Å². The van der Waals surface area contributed by atoms with Crippen LogP contribution in [0.4, 0.5) is 0 Å². The Balaban J connectivity index is 1.97. The molecule has 4 aromatic carbocycles. The first kappa shape index (κ1) is 32.9. The van der Waals surface area contributed by atoms with Crippen LogP contribution in [0.5, 0.6) is 34.5 Å². The Morgan fingerprint density at radius 2 is 0.870 bits per heavy atom. The van der Waals surface area contributed by atoms with E-state index in [1.807, 2.05) is 44.2 Å². The predicted molar refractivity (Wildman–Crippen MR) is 174 cm³/mol. The number of aromatic hydroxyl groups is 2. The maximum absolute atomic E-state index is 12.0. The summed E-state index contributed by atoms with van der Waals surface area (Å²) in [4.78, 5) is 0. The summed E-state index contributed by atoms with van der Waals surface area (Å²) < 4.78 is 41.9. The highest BCUT2D eigenvalue weighted by Gasteiger charge is 2.33. The van der Waals surface area contributed by atoms with Gasteiger partial charge in [-0.2, -0.15) is 0 Å². The third-order valence-electron chi connectivity index (χ3n) is 8.63. The number of hydrogen-bond donors (Lipinski definition) is 2. The van der Waals surface area contributed by atoms with E-state index in [0.717, 1.165) is 16.7 Å². The minimum Gasteiger partial charge on any atom is -0.507 e. The summed E-state index contributed by atoms with van der Waals surface area (Å²) >= 11 is 0. The van der Waals surface area contributed by atoms with Gasteiger partial charge in [0.1, 0.15) is 52.8 Å². The molecule has 0 heterocycles. The molecular formula is C37H42O9. The van der Waals surface area contributed by atoms with Crippen LogP contribution in [-0.2, 0) is 20.6 Å². The average Bonchev–Trinajstić information content (AvgIpc) is 3.04. The van der Waals surface area contributed by atoms with Gasteiger partial charge in [0.05, 0.1) is 28.4 Å². The van der Waals surface area contributed by atoms with Crippen molar-refractivity contribution in [3.8, 4) is 34.5 Å². The second kappa shape index (κ2) is 13.5. The van der Waals surface area contributed by atoms with E-state index in [4.69, 9.17) is 33.2 Å². The SMILES string of the molecule is COc1cc2c(O)c(c1)[C@H](OC)c1cc(C)cc(c1OC)[C@@H](OC)c1cc(OC)cc(c1O)[C@@H](OC)c1cc(C)cc(c1OC)C2. The predicted octanol–water partition coefficient (Wildman–Crippen LogP) is 6.86. The van der Waals surface area contributed by atoms with Crippen molar-refractivity contribution < 1.29 is 43.4 Å². The number of methoxy groups -OCH3 is 7. The molecule has 0 unspecified atom stereocenters. The van der Waals surface area contributed by atoms with Crippen LogP contribution in [0.2, 0.25) is 0 Å². The van der Waals surface area contributed by atoms with Crippen molar-refractivity contribution in [3.05, 3.63) is 104 Å². The van der Waals surface area contributed by atoms with Crippen molar-refractivity contribution in [2.75, 3.05) is 49.8 Å². The number of fused-ring (bicyclic) bond motifs is 8. The molecule has 8 bridgehead atoms. The number of rotatable bonds is 7. The first-order valence-corrected chi connectivity index (χ1v) is 14.9. The minimum atomic E-state index is -0.796. The highest BCUT2D eigenvalue weighted by molar-refractivity contribution is 5.61. The molecule has 2 N–H and O–H groups in total. The largest absolute Gasteiger partial charge is 0.507 e. The first-order valence-electron chi connectivity index (χ1n) is 14.9. The van der Waals surface area contributed by atoms with Crippen LogP contribution in [0.15, 0.2) is 48.5 Å². The normalized spacial score (nSPS) is 17.4. The number of hydrogen-bond acceptors (Lipinski definition) is 9. The van der Waals surface area contributed by atoms with E-state index >= 15 is 0 Å². The summed E-state index contributed by atoms with van der Waals surface area (Å²) in [5, 5.41) is 23.9. The van der Waals surface area contributed by atoms with Gasteiger partial charge in [0.2, 0.25) is 0 Å². The van der Waals surface area contributed by atoms with Gasteiger partial charge in [0.25, 0.3) is 0 Å².